The number of carboxylic acids is 1. The first-order valence-electron chi connectivity index (χ1n) is 2.30. The highest BCUT2D eigenvalue weighted by Gasteiger charge is 2.00. The lowest BCUT2D eigenvalue weighted by Crippen LogP contribution is -2.32. The Balaban J connectivity index is 3.63. The highest BCUT2D eigenvalue weighted by atomic mass is 32.2. The SMILES string of the molecule is C[C@H](CS(=O)[O-])C(=O)[O-]. The number of carboxylic acid groups (broad SMARTS) is 1. The Morgan fingerprint density at radius 2 is 2.22 bits per heavy atom. The van der Waals surface area contributed by atoms with Crippen LogP contribution in [0.15, 0.2) is 0 Å². The first kappa shape index (κ1) is 8.58. The lowest BCUT2D eigenvalue weighted by molar-refractivity contribution is -0.310. The molecule has 0 bridgehead atoms. The molecule has 0 aromatic carbocycles. The van der Waals surface area contributed by atoms with Gasteiger partial charge in [-0.1, -0.05) is 18.0 Å². The lowest BCUT2D eigenvalue weighted by atomic mass is 10.2. The summed E-state index contributed by atoms with van der Waals surface area (Å²) in [5.41, 5.74) is 0. The second kappa shape index (κ2) is 3.58. The standard InChI is InChI=1S/C4H8O4S/c1-3(4(5)6)2-9(7)8/h3H,2H2,1H3,(H,5,6)(H,7,8)/p-2/t3-/m1/s1. The van der Waals surface area contributed by atoms with Crippen molar-refractivity contribution in [3.05, 3.63) is 0 Å². The summed E-state index contributed by atoms with van der Waals surface area (Å²) in [6.45, 7) is 1.28. The van der Waals surface area contributed by atoms with Crippen molar-refractivity contribution in [3.63, 3.8) is 0 Å². The van der Waals surface area contributed by atoms with Crippen molar-refractivity contribution in [2.45, 2.75) is 6.92 Å². The smallest absolute Gasteiger partial charge is 0.0451 e. The molecule has 0 N–H and O–H groups in total. The quantitative estimate of drug-likeness (QED) is 0.447. The van der Waals surface area contributed by atoms with Gasteiger partial charge in [-0.2, -0.15) is 0 Å². The van der Waals surface area contributed by atoms with Crippen molar-refractivity contribution in [1.29, 1.82) is 0 Å². The maximum atomic E-state index is 9.85. The number of carbonyl (C=O) groups is 1. The van der Waals surface area contributed by atoms with Gasteiger partial charge in [0.1, 0.15) is 0 Å². The molecule has 0 heterocycles. The van der Waals surface area contributed by atoms with Gasteiger partial charge in [0.2, 0.25) is 0 Å². The number of hydrogen-bond acceptors (Lipinski definition) is 4. The summed E-state index contributed by atoms with van der Waals surface area (Å²) in [5, 5.41) is 9.85. The van der Waals surface area contributed by atoms with Crippen molar-refractivity contribution in [1.82, 2.24) is 0 Å². The van der Waals surface area contributed by atoms with Gasteiger partial charge in [-0.25, -0.2) is 0 Å². The summed E-state index contributed by atoms with van der Waals surface area (Å²) in [6, 6.07) is 0. The Morgan fingerprint density at radius 1 is 1.78 bits per heavy atom. The monoisotopic (exact) mass is 150 g/mol. The van der Waals surface area contributed by atoms with Crippen LogP contribution in [0.1, 0.15) is 6.92 Å². The highest BCUT2D eigenvalue weighted by Crippen LogP contribution is 1.92. The van der Waals surface area contributed by atoms with Crippen molar-refractivity contribution in [2.24, 2.45) is 5.92 Å². The first-order valence-corrected chi connectivity index (χ1v) is 3.55. The van der Waals surface area contributed by atoms with Gasteiger partial charge in [0, 0.05) is 17.6 Å². The molecule has 0 rings (SSSR count). The van der Waals surface area contributed by atoms with Crippen LogP contribution in [0.25, 0.3) is 0 Å². The first-order chi connectivity index (χ1) is 4.04. The maximum absolute atomic E-state index is 9.85. The van der Waals surface area contributed by atoms with Crippen LogP contribution in [0.5, 0.6) is 0 Å². The summed E-state index contributed by atoms with van der Waals surface area (Å²) in [5.74, 6) is -2.62. The third-order valence-corrected chi connectivity index (χ3v) is 1.56. The molecule has 9 heavy (non-hydrogen) atoms. The van der Waals surface area contributed by atoms with Gasteiger partial charge in [0.05, 0.1) is 0 Å². The van der Waals surface area contributed by atoms with Gasteiger partial charge in [0.15, 0.2) is 0 Å². The predicted octanol–water partition coefficient (Wildman–Crippen LogP) is -1.75. The van der Waals surface area contributed by atoms with Crippen LogP contribution in [0.4, 0.5) is 0 Å². The van der Waals surface area contributed by atoms with Gasteiger partial charge in [-0.05, 0) is 0 Å². The molecular formula is C4H6O4S-2. The number of aliphatic carboxylic acids is 1. The summed E-state index contributed by atoms with van der Waals surface area (Å²) >= 11 is -2.29. The maximum Gasteiger partial charge on any atom is 0.0451 e. The molecule has 0 spiro atoms. The minimum atomic E-state index is -2.29. The van der Waals surface area contributed by atoms with E-state index in [1.807, 2.05) is 0 Å². The molecule has 0 aromatic heterocycles. The summed E-state index contributed by atoms with van der Waals surface area (Å²) in [4.78, 5) is 9.85. The number of carbonyl (C=O) groups excluding carboxylic acids is 1. The Kier molecular flexibility index (Phi) is 3.41. The molecule has 1 unspecified atom stereocenters. The third kappa shape index (κ3) is 4.11. The largest absolute Gasteiger partial charge is 0.772 e. The van der Waals surface area contributed by atoms with Crippen LogP contribution in [0.3, 0.4) is 0 Å². The number of rotatable bonds is 3. The van der Waals surface area contributed by atoms with Crippen LogP contribution >= 0.6 is 0 Å². The van der Waals surface area contributed by atoms with Crippen molar-refractivity contribution < 1.29 is 18.7 Å². The molecule has 0 aromatic rings. The fourth-order valence-electron chi connectivity index (χ4n) is 0.272. The minimum absolute atomic E-state index is 0.373. The van der Waals surface area contributed by atoms with Crippen LogP contribution < -0.4 is 5.11 Å². The molecular weight excluding hydrogens is 144 g/mol. The molecule has 0 saturated carbocycles. The second-order valence-corrected chi connectivity index (χ2v) is 2.63. The Morgan fingerprint density at radius 3 is 2.33 bits per heavy atom. The summed E-state index contributed by atoms with van der Waals surface area (Å²) in [6.07, 6.45) is 0. The van der Waals surface area contributed by atoms with Crippen LogP contribution in [-0.4, -0.2) is 20.5 Å². The van der Waals surface area contributed by atoms with E-state index in [1.165, 1.54) is 6.92 Å². The Labute approximate surface area is 55.2 Å². The average molecular weight is 150 g/mol. The predicted molar refractivity (Wildman–Crippen MR) is 28.0 cm³/mol. The molecule has 0 saturated heterocycles. The molecule has 0 aliphatic carbocycles. The fraction of sp³-hybridized carbons (Fsp3) is 0.750. The van der Waals surface area contributed by atoms with E-state index >= 15 is 0 Å². The lowest BCUT2D eigenvalue weighted by Gasteiger charge is -2.13. The van der Waals surface area contributed by atoms with E-state index < -0.39 is 23.0 Å². The Bertz CT molecular complexity index is 133. The highest BCUT2D eigenvalue weighted by molar-refractivity contribution is 7.79. The van der Waals surface area contributed by atoms with Gasteiger partial charge < -0.3 is 14.5 Å². The average Bonchev–Trinajstić information content (AvgIpc) is 1.63. The van der Waals surface area contributed by atoms with Crippen molar-refractivity contribution in [2.75, 3.05) is 5.75 Å². The molecule has 4 nitrogen and oxygen atoms in total. The molecule has 0 aliphatic rings. The van der Waals surface area contributed by atoms with Crippen LogP contribution in [-0.2, 0) is 15.9 Å². The normalized spacial score (nSPS) is 16.7. The molecule has 0 fully saturated rings. The molecule has 54 valence electrons. The third-order valence-electron chi connectivity index (χ3n) is 0.788. The molecule has 0 radical (unpaired) electrons. The topological polar surface area (TPSA) is 80.3 Å². The zero-order chi connectivity index (χ0) is 7.44. The van der Waals surface area contributed by atoms with E-state index in [9.17, 15) is 18.7 Å². The van der Waals surface area contributed by atoms with Gasteiger partial charge in [-0.3, -0.25) is 4.21 Å². The Hall–Kier alpha value is -0.420. The van der Waals surface area contributed by atoms with E-state index in [2.05, 4.69) is 0 Å². The summed E-state index contributed by atoms with van der Waals surface area (Å²) < 4.78 is 19.6. The van der Waals surface area contributed by atoms with E-state index in [4.69, 9.17) is 0 Å². The van der Waals surface area contributed by atoms with Crippen molar-refractivity contribution >= 4 is 17.0 Å². The number of hydrogen-bond donors (Lipinski definition) is 0. The van der Waals surface area contributed by atoms with Gasteiger partial charge in [0.25, 0.3) is 0 Å². The van der Waals surface area contributed by atoms with E-state index in [0.29, 0.717) is 0 Å². The van der Waals surface area contributed by atoms with Crippen LogP contribution in [0, 0.1) is 5.92 Å². The second-order valence-electron chi connectivity index (χ2n) is 1.69. The van der Waals surface area contributed by atoms with Crippen molar-refractivity contribution in [3.8, 4) is 0 Å². The molecule has 0 aliphatic heterocycles. The molecule has 5 heteroatoms. The van der Waals surface area contributed by atoms with Gasteiger partial charge >= 0.3 is 0 Å². The van der Waals surface area contributed by atoms with E-state index in [0.717, 1.165) is 0 Å². The molecule has 0 amide bonds. The fourth-order valence-corrected chi connectivity index (χ4v) is 0.816. The minimum Gasteiger partial charge on any atom is -0.772 e. The summed E-state index contributed by atoms with van der Waals surface area (Å²) in [7, 11) is 0. The van der Waals surface area contributed by atoms with Gasteiger partial charge in [-0.15, -0.1) is 0 Å². The zero-order valence-corrected chi connectivity index (χ0v) is 5.64. The van der Waals surface area contributed by atoms with E-state index in [-0.39, 0.29) is 5.75 Å². The van der Waals surface area contributed by atoms with E-state index in [1.54, 1.807) is 0 Å². The molecule has 2 atom stereocenters. The van der Waals surface area contributed by atoms with Crippen LogP contribution in [0.2, 0.25) is 0 Å². The zero-order valence-electron chi connectivity index (χ0n) is 4.83.